The molecule has 3 heterocycles. The Morgan fingerprint density at radius 1 is 1.24 bits per heavy atom. The first-order chi connectivity index (χ1) is 15.7. The van der Waals surface area contributed by atoms with Crippen LogP contribution in [0.3, 0.4) is 0 Å². The highest BCUT2D eigenvalue weighted by Gasteiger charge is 2.33. The largest absolute Gasteiger partial charge is 0.573 e. The van der Waals surface area contributed by atoms with Gasteiger partial charge in [0.1, 0.15) is 11.6 Å². The van der Waals surface area contributed by atoms with Crippen LogP contribution in [0.25, 0.3) is 10.4 Å². The Morgan fingerprint density at radius 2 is 2.00 bits per heavy atom. The van der Waals surface area contributed by atoms with Crippen molar-refractivity contribution in [3.63, 3.8) is 0 Å². The maximum Gasteiger partial charge on any atom is 0.573 e. The molecule has 1 fully saturated rings. The molecule has 3 N–H and O–H groups in total. The van der Waals surface area contributed by atoms with Gasteiger partial charge in [-0.3, -0.25) is 9.78 Å². The number of pyridine rings is 1. The minimum Gasteiger partial charge on any atom is -0.406 e. The number of rotatable bonds is 6. The molecule has 33 heavy (non-hydrogen) atoms. The first kappa shape index (κ1) is 23.0. The van der Waals surface area contributed by atoms with Crippen LogP contribution in [-0.2, 0) is 0 Å². The zero-order valence-electron chi connectivity index (χ0n) is 17.0. The summed E-state index contributed by atoms with van der Waals surface area (Å²) < 4.78 is 40.7. The highest BCUT2D eigenvalue weighted by Crippen LogP contribution is 2.35. The van der Waals surface area contributed by atoms with Crippen molar-refractivity contribution in [3.05, 3.63) is 53.8 Å². The van der Waals surface area contributed by atoms with Crippen LogP contribution in [0.15, 0.2) is 48.2 Å². The van der Waals surface area contributed by atoms with E-state index in [1.165, 1.54) is 29.7 Å². The van der Waals surface area contributed by atoms with E-state index in [0.29, 0.717) is 24.5 Å². The number of anilines is 2. The molecule has 0 unspecified atom stereocenters. The van der Waals surface area contributed by atoms with E-state index in [4.69, 9.17) is 0 Å². The summed E-state index contributed by atoms with van der Waals surface area (Å²) in [5.74, 6) is -0.639. The number of ether oxygens (including phenoxy) is 1. The van der Waals surface area contributed by atoms with Crippen molar-refractivity contribution >= 4 is 28.7 Å². The zero-order chi connectivity index (χ0) is 23.6. The van der Waals surface area contributed by atoms with Crippen molar-refractivity contribution in [1.82, 2.24) is 9.97 Å². The highest BCUT2D eigenvalue weighted by atomic mass is 32.1. The molecule has 0 aliphatic carbocycles. The number of carbonyl (C=O) groups is 1. The molecule has 4 rings (SSSR count). The van der Waals surface area contributed by atoms with Gasteiger partial charge in [0.25, 0.3) is 5.91 Å². The summed E-state index contributed by atoms with van der Waals surface area (Å²) >= 11 is 1.36. The number of halogens is 3. The van der Waals surface area contributed by atoms with E-state index in [9.17, 15) is 28.2 Å². The number of nitrogens with zero attached hydrogens (tertiary/aromatic N) is 3. The fourth-order valence-electron chi connectivity index (χ4n) is 3.51. The summed E-state index contributed by atoms with van der Waals surface area (Å²) in [4.78, 5) is 23.9. The lowest BCUT2D eigenvalue weighted by atomic mass is 10.1. The van der Waals surface area contributed by atoms with E-state index in [1.807, 2.05) is 4.90 Å². The van der Waals surface area contributed by atoms with Crippen LogP contribution < -0.4 is 15.0 Å². The average molecular weight is 480 g/mol. The molecule has 1 aliphatic heterocycles. The summed E-state index contributed by atoms with van der Waals surface area (Å²) in [6, 6.07) is 6.44. The number of benzene rings is 1. The quantitative estimate of drug-likeness (QED) is 0.498. The number of β-amino-alcohol motifs (C(OH)–C–C–N with tert-alkyl or cyclic N) is 1. The average Bonchev–Trinajstić information content (AvgIpc) is 3.43. The van der Waals surface area contributed by atoms with Gasteiger partial charge in [-0.2, -0.15) is 0 Å². The van der Waals surface area contributed by atoms with Crippen LogP contribution in [0.2, 0.25) is 0 Å². The van der Waals surface area contributed by atoms with Crippen molar-refractivity contribution in [2.45, 2.75) is 12.5 Å². The fraction of sp³-hybridized carbons (Fsp3) is 0.286. The Hall–Kier alpha value is -3.22. The molecule has 8 nitrogen and oxygen atoms in total. The highest BCUT2D eigenvalue weighted by molar-refractivity contribution is 7.13. The van der Waals surface area contributed by atoms with Gasteiger partial charge in [-0.15, -0.1) is 24.5 Å². The third-order valence-corrected chi connectivity index (χ3v) is 5.92. The Balaban J connectivity index is 1.56. The molecule has 0 radical (unpaired) electrons. The Morgan fingerprint density at radius 3 is 2.61 bits per heavy atom. The summed E-state index contributed by atoms with van der Waals surface area (Å²) in [6.07, 6.45) is -2.47. The van der Waals surface area contributed by atoms with Crippen molar-refractivity contribution in [3.8, 4) is 16.2 Å². The SMILES string of the molecule is O=C(Nc1ccc(OC(F)(F)F)cc1)c1cnc(N2C[C@@H](CO)[C@H](O)C2)c(-c2cncs2)c1. The molecule has 0 spiro atoms. The third-order valence-electron chi connectivity index (χ3n) is 5.11. The normalized spacial score (nSPS) is 18.4. The maximum absolute atomic E-state index is 12.8. The fourth-order valence-corrected chi connectivity index (χ4v) is 4.15. The molecule has 12 heteroatoms. The van der Waals surface area contributed by atoms with Gasteiger partial charge in [-0.05, 0) is 30.3 Å². The molecule has 0 bridgehead atoms. The maximum atomic E-state index is 12.8. The number of aromatic nitrogens is 2. The van der Waals surface area contributed by atoms with Gasteiger partial charge in [0, 0.05) is 42.7 Å². The molecule has 1 amide bonds. The van der Waals surface area contributed by atoms with E-state index in [1.54, 1.807) is 17.8 Å². The Labute approximate surface area is 190 Å². The van der Waals surface area contributed by atoms with E-state index in [2.05, 4.69) is 20.0 Å². The first-order valence-electron chi connectivity index (χ1n) is 9.83. The molecule has 3 aromatic rings. The number of hydrogen-bond donors (Lipinski definition) is 3. The van der Waals surface area contributed by atoms with Gasteiger partial charge < -0.3 is 25.2 Å². The van der Waals surface area contributed by atoms with Crippen molar-refractivity contribution in [2.24, 2.45) is 5.92 Å². The van der Waals surface area contributed by atoms with Crippen LogP contribution >= 0.6 is 11.3 Å². The van der Waals surface area contributed by atoms with Gasteiger partial charge in [0.05, 0.1) is 28.7 Å². The first-order valence-corrected chi connectivity index (χ1v) is 10.7. The molecule has 2 aromatic heterocycles. The number of carbonyl (C=O) groups excluding carboxylic acids is 1. The summed E-state index contributed by atoms with van der Waals surface area (Å²) in [5.41, 5.74) is 2.80. The third kappa shape index (κ3) is 5.41. The van der Waals surface area contributed by atoms with Gasteiger partial charge in [0.15, 0.2) is 0 Å². The summed E-state index contributed by atoms with van der Waals surface area (Å²) in [6.45, 7) is 0.553. The number of nitrogens with one attached hydrogen (secondary N) is 1. The lowest BCUT2D eigenvalue weighted by Gasteiger charge is -2.20. The van der Waals surface area contributed by atoms with Crippen LogP contribution in [0, 0.1) is 5.92 Å². The van der Waals surface area contributed by atoms with Crippen LogP contribution in [0.4, 0.5) is 24.7 Å². The topological polar surface area (TPSA) is 108 Å². The minimum absolute atomic E-state index is 0.152. The number of thiazole rings is 1. The van der Waals surface area contributed by atoms with E-state index in [0.717, 1.165) is 17.0 Å². The number of alkyl halides is 3. The van der Waals surface area contributed by atoms with Crippen molar-refractivity contribution in [1.29, 1.82) is 0 Å². The Kier molecular flexibility index (Phi) is 6.49. The van der Waals surface area contributed by atoms with E-state index in [-0.39, 0.29) is 23.8 Å². The number of aliphatic hydroxyl groups excluding tert-OH is 2. The predicted molar refractivity (Wildman–Crippen MR) is 115 cm³/mol. The smallest absolute Gasteiger partial charge is 0.406 e. The van der Waals surface area contributed by atoms with Crippen molar-refractivity contribution < 1.29 is 32.9 Å². The van der Waals surface area contributed by atoms with Gasteiger partial charge in [0.2, 0.25) is 0 Å². The second-order valence-corrected chi connectivity index (χ2v) is 8.29. The second kappa shape index (κ2) is 9.33. The van der Waals surface area contributed by atoms with E-state index < -0.39 is 24.1 Å². The lowest BCUT2D eigenvalue weighted by molar-refractivity contribution is -0.274. The lowest BCUT2D eigenvalue weighted by Crippen LogP contribution is -2.23. The monoisotopic (exact) mass is 480 g/mol. The minimum atomic E-state index is -4.80. The molecule has 1 saturated heterocycles. The molecule has 0 saturated carbocycles. The molecule has 2 atom stereocenters. The molecule has 1 aliphatic rings. The molecule has 1 aromatic carbocycles. The van der Waals surface area contributed by atoms with Crippen LogP contribution in [0.1, 0.15) is 10.4 Å². The number of amides is 1. The summed E-state index contributed by atoms with van der Waals surface area (Å²) in [7, 11) is 0. The Bertz CT molecular complexity index is 1110. The number of hydrogen-bond acceptors (Lipinski definition) is 8. The number of aliphatic hydroxyl groups is 2. The molecule has 174 valence electrons. The summed E-state index contributed by atoms with van der Waals surface area (Å²) in [5, 5.41) is 22.2. The van der Waals surface area contributed by atoms with Gasteiger partial charge >= 0.3 is 6.36 Å². The van der Waals surface area contributed by atoms with Crippen LogP contribution in [-0.4, -0.2) is 58.3 Å². The zero-order valence-corrected chi connectivity index (χ0v) is 17.8. The van der Waals surface area contributed by atoms with E-state index >= 15 is 0 Å². The van der Waals surface area contributed by atoms with Crippen LogP contribution in [0.5, 0.6) is 5.75 Å². The molecular formula is C21H19F3N4O4S. The predicted octanol–water partition coefficient (Wildman–Crippen LogP) is 3.15. The van der Waals surface area contributed by atoms with Gasteiger partial charge in [-0.25, -0.2) is 4.98 Å². The van der Waals surface area contributed by atoms with Crippen molar-refractivity contribution in [2.75, 3.05) is 29.9 Å². The standard InChI is InChI=1S/C21H19F3N4O4S/c22-21(23,24)32-15-3-1-14(2-4-15)27-20(31)12-5-16(18-7-25-11-33-18)19(26-6-12)28-8-13(10-29)17(30)9-28/h1-7,11,13,17,29-30H,8-10H2,(H,27,31)/t13-,17+/m0/s1. The van der Waals surface area contributed by atoms with Gasteiger partial charge in [-0.1, -0.05) is 0 Å². The second-order valence-electron chi connectivity index (χ2n) is 7.40. The molecular weight excluding hydrogens is 461 g/mol.